The van der Waals surface area contributed by atoms with Crippen LogP contribution < -0.4 is 10.1 Å². The number of ether oxygens (including phenoxy) is 1. The van der Waals surface area contributed by atoms with E-state index in [0.29, 0.717) is 0 Å². The van der Waals surface area contributed by atoms with Crippen molar-refractivity contribution in [3.8, 4) is 5.75 Å². The van der Waals surface area contributed by atoms with Crippen LogP contribution in [0.1, 0.15) is 13.8 Å². The molecule has 0 amide bonds. The molecule has 0 aliphatic carbocycles. The molecule has 0 unspecified atom stereocenters. The van der Waals surface area contributed by atoms with Crippen molar-refractivity contribution in [3.63, 3.8) is 0 Å². The van der Waals surface area contributed by atoms with E-state index in [4.69, 9.17) is 4.74 Å². The lowest BCUT2D eigenvalue weighted by Crippen LogP contribution is -2.38. The summed E-state index contributed by atoms with van der Waals surface area (Å²) in [6, 6.07) is 9.99. The van der Waals surface area contributed by atoms with Crippen LogP contribution in [-0.2, 0) is 0 Å². The van der Waals surface area contributed by atoms with Crippen molar-refractivity contribution in [2.45, 2.75) is 19.4 Å². The first-order valence-electron chi connectivity index (χ1n) is 5.79. The quantitative estimate of drug-likeness (QED) is 0.876. The van der Waals surface area contributed by atoms with E-state index in [-0.39, 0.29) is 5.60 Å². The van der Waals surface area contributed by atoms with E-state index in [9.17, 15) is 0 Å². The van der Waals surface area contributed by atoms with Gasteiger partial charge in [-0.2, -0.15) is 0 Å². The molecule has 0 bridgehead atoms. The molecule has 3 nitrogen and oxygen atoms in total. The number of aromatic nitrogens is 1. The fourth-order valence-corrected chi connectivity index (χ4v) is 1.89. The monoisotopic (exact) mass is 230 g/mol. The van der Waals surface area contributed by atoms with Crippen molar-refractivity contribution in [3.05, 3.63) is 36.5 Å². The van der Waals surface area contributed by atoms with Crippen molar-refractivity contribution in [2.24, 2.45) is 0 Å². The Labute approximate surface area is 102 Å². The summed E-state index contributed by atoms with van der Waals surface area (Å²) in [5.74, 6) is 0.858. The maximum absolute atomic E-state index is 5.95. The zero-order valence-electron chi connectivity index (χ0n) is 10.5. The Morgan fingerprint density at radius 1 is 1.29 bits per heavy atom. The van der Waals surface area contributed by atoms with E-state index in [1.54, 1.807) is 6.20 Å². The molecule has 2 rings (SSSR count). The molecule has 1 heterocycles. The number of rotatable bonds is 4. The number of likely N-dealkylation sites (N-methyl/N-ethyl adjacent to an activating group) is 1. The van der Waals surface area contributed by atoms with Crippen molar-refractivity contribution >= 4 is 10.9 Å². The van der Waals surface area contributed by atoms with E-state index in [0.717, 1.165) is 23.2 Å². The van der Waals surface area contributed by atoms with E-state index < -0.39 is 0 Å². The second-order valence-electron chi connectivity index (χ2n) is 4.75. The molecule has 0 atom stereocenters. The van der Waals surface area contributed by atoms with Gasteiger partial charge in [-0.15, -0.1) is 0 Å². The van der Waals surface area contributed by atoms with Gasteiger partial charge in [0.2, 0.25) is 0 Å². The highest BCUT2D eigenvalue weighted by atomic mass is 16.5. The van der Waals surface area contributed by atoms with Crippen LogP contribution in [0.2, 0.25) is 0 Å². The Kier molecular flexibility index (Phi) is 3.29. The first-order chi connectivity index (χ1) is 8.11. The Morgan fingerprint density at radius 3 is 2.88 bits per heavy atom. The van der Waals surface area contributed by atoms with E-state index in [2.05, 4.69) is 24.1 Å². The molecule has 3 heteroatoms. The summed E-state index contributed by atoms with van der Waals surface area (Å²) in [6.45, 7) is 4.92. The second kappa shape index (κ2) is 4.72. The average Bonchev–Trinajstić information content (AvgIpc) is 2.28. The second-order valence-corrected chi connectivity index (χ2v) is 4.75. The van der Waals surface area contributed by atoms with Crippen molar-refractivity contribution in [1.82, 2.24) is 10.3 Å². The molecular weight excluding hydrogens is 212 g/mol. The summed E-state index contributed by atoms with van der Waals surface area (Å²) in [5.41, 5.74) is 0.738. The first-order valence-corrected chi connectivity index (χ1v) is 5.79. The van der Waals surface area contributed by atoms with Gasteiger partial charge in [-0.1, -0.05) is 6.07 Å². The molecule has 0 aliphatic rings. The number of benzene rings is 1. The summed E-state index contributed by atoms with van der Waals surface area (Å²) in [4.78, 5) is 4.32. The minimum absolute atomic E-state index is 0.225. The molecule has 0 spiro atoms. The topological polar surface area (TPSA) is 34.1 Å². The number of hydrogen-bond acceptors (Lipinski definition) is 3. The van der Waals surface area contributed by atoms with Crippen LogP contribution in [0.4, 0.5) is 0 Å². The third kappa shape index (κ3) is 2.94. The number of nitrogens with zero attached hydrogens (tertiary/aromatic N) is 1. The van der Waals surface area contributed by atoms with Crippen molar-refractivity contribution < 1.29 is 4.74 Å². The highest BCUT2D eigenvalue weighted by molar-refractivity contribution is 5.79. The fourth-order valence-electron chi connectivity index (χ4n) is 1.89. The minimum Gasteiger partial charge on any atom is -0.486 e. The van der Waals surface area contributed by atoms with Crippen molar-refractivity contribution in [1.29, 1.82) is 0 Å². The Hall–Kier alpha value is -1.61. The van der Waals surface area contributed by atoms with Gasteiger partial charge in [0, 0.05) is 24.2 Å². The lowest BCUT2D eigenvalue weighted by Gasteiger charge is -2.26. The van der Waals surface area contributed by atoms with Crippen LogP contribution in [0.5, 0.6) is 5.75 Å². The summed E-state index contributed by atoms with van der Waals surface area (Å²) in [5, 5.41) is 4.26. The highest BCUT2D eigenvalue weighted by Gasteiger charge is 2.18. The van der Waals surface area contributed by atoms with E-state index in [1.807, 2.05) is 37.4 Å². The van der Waals surface area contributed by atoms with E-state index in [1.165, 1.54) is 0 Å². The molecule has 1 N–H and O–H groups in total. The van der Waals surface area contributed by atoms with Gasteiger partial charge in [-0.05, 0) is 39.1 Å². The van der Waals surface area contributed by atoms with Gasteiger partial charge in [-0.25, -0.2) is 0 Å². The molecule has 0 saturated carbocycles. The zero-order chi connectivity index (χ0) is 12.3. The van der Waals surface area contributed by atoms with Gasteiger partial charge in [0.15, 0.2) is 0 Å². The molecule has 90 valence electrons. The van der Waals surface area contributed by atoms with Crippen LogP contribution in [-0.4, -0.2) is 24.2 Å². The van der Waals surface area contributed by atoms with Gasteiger partial charge in [-0.3, -0.25) is 4.98 Å². The zero-order valence-corrected chi connectivity index (χ0v) is 10.5. The maximum atomic E-state index is 5.95. The molecule has 0 aliphatic heterocycles. The number of nitrogens with one attached hydrogen (secondary N) is 1. The van der Waals surface area contributed by atoms with Gasteiger partial charge in [0.25, 0.3) is 0 Å². The number of fused-ring (bicyclic) bond motifs is 1. The summed E-state index contributed by atoms with van der Waals surface area (Å²) < 4.78 is 5.95. The molecule has 0 fully saturated rings. The molecule has 0 radical (unpaired) electrons. The molecule has 1 aromatic heterocycles. The first kappa shape index (κ1) is 11.9. The van der Waals surface area contributed by atoms with Crippen LogP contribution in [0.3, 0.4) is 0 Å². The third-order valence-electron chi connectivity index (χ3n) is 2.57. The molecule has 2 aromatic rings. The predicted octanol–water partition coefficient (Wildman–Crippen LogP) is 2.61. The minimum atomic E-state index is -0.225. The Morgan fingerprint density at radius 2 is 2.12 bits per heavy atom. The predicted molar refractivity (Wildman–Crippen MR) is 70.4 cm³/mol. The van der Waals surface area contributed by atoms with E-state index >= 15 is 0 Å². The lowest BCUT2D eigenvalue weighted by atomic mass is 10.1. The summed E-state index contributed by atoms with van der Waals surface area (Å²) in [6.07, 6.45) is 1.80. The molecule has 1 aromatic carbocycles. The van der Waals surface area contributed by atoms with Crippen LogP contribution in [0, 0.1) is 0 Å². The van der Waals surface area contributed by atoms with Gasteiger partial charge in [0.05, 0.1) is 5.52 Å². The van der Waals surface area contributed by atoms with Crippen LogP contribution >= 0.6 is 0 Å². The highest BCUT2D eigenvalue weighted by Crippen LogP contribution is 2.22. The molecular formula is C14H18N2O. The average molecular weight is 230 g/mol. The summed E-state index contributed by atoms with van der Waals surface area (Å²) in [7, 11) is 1.92. The third-order valence-corrected chi connectivity index (χ3v) is 2.57. The largest absolute Gasteiger partial charge is 0.486 e. The standard InChI is InChI=1S/C14H18N2O/c1-14(2,10-15-3)17-12-7-6-11-5-4-8-16-13(11)9-12/h4-9,15H,10H2,1-3H3. The fraction of sp³-hybridized carbons (Fsp3) is 0.357. The van der Waals surface area contributed by atoms with Gasteiger partial charge < -0.3 is 10.1 Å². The number of pyridine rings is 1. The Balaban J connectivity index is 2.25. The maximum Gasteiger partial charge on any atom is 0.122 e. The Bertz CT molecular complexity index is 508. The normalized spacial score (nSPS) is 11.7. The summed E-state index contributed by atoms with van der Waals surface area (Å²) >= 11 is 0. The van der Waals surface area contributed by atoms with Crippen LogP contribution in [0.25, 0.3) is 10.9 Å². The molecule has 17 heavy (non-hydrogen) atoms. The van der Waals surface area contributed by atoms with Gasteiger partial charge >= 0.3 is 0 Å². The lowest BCUT2D eigenvalue weighted by molar-refractivity contribution is 0.111. The van der Waals surface area contributed by atoms with Crippen LogP contribution in [0.15, 0.2) is 36.5 Å². The number of hydrogen-bond donors (Lipinski definition) is 1. The van der Waals surface area contributed by atoms with Gasteiger partial charge in [0.1, 0.15) is 11.4 Å². The SMILES string of the molecule is CNCC(C)(C)Oc1ccc2cccnc2c1. The van der Waals surface area contributed by atoms with Crippen molar-refractivity contribution in [2.75, 3.05) is 13.6 Å². The molecule has 0 saturated heterocycles. The smallest absolute Gasteiger partial charge is 0.122 e.